The van der Waals surface area contributed by atoms with Crippen LogP contribution in [-0.2, 0) is 11.3 Å². The number of likely N-dealkylation sites (tertiary alicyclic amines) is 1. The Labute approximate surface area is 141 Å². The highest BCUT2D eigenvalue weighted by molar-refractivity contribution is 5.74. The van der Waals surface area contributed by atoms with Crippen LogP contribution < -0.4 is 0 Å². The van der Waals surface area contributed by atoms with Crippen LogP contribution >= 0.6 is 0 Å². The van der Waals surface area contributed by atoms with Gasteiger partial charge in [-0.05, 0) is 25.2 Å². The van der Waals surface area contributed by atoms with Crippen LogP contribution in [0, 0.1) is 5.92 Å². The Morgan fingerprint density at radius 1 is 1.25 bits per heavy atom. The summed E-state index contributed by atoms with van der Waals surface area (Å²) in [5, 5.41) is 9.60. The van der Waals surface area contributed by atoms with Crippen molar-refractivity contribution in [3.05, 3.63) is 42.4 Å². The van der Waals surface area contributed by atoms with Gasteiger partial charge in [-0.3, -0.25) is 9.69 Å². The number of fused-ring (bicyclic) bond motifs is 1. The first-order valence-corrected chi connectivity index (χ1v) is 8.71. The molecule has 1 aliphatic carbocycles. The normalized spacial score (nSPS) is 27.1. The number of oxazole rings is 1. The largest absolute Gasteiger partial charge is 0.480 e. The Hall–Kier alpha value is -2.14. The van der Waals surface area contributed by atoms with Gasteiger partial charge in [-0.1, -0.05) is 43.2 Å². The van der Waals surface area contributed by atoms with Crippen molar-refractivity contribution >= 4 is 5.97 Å². The maximum absolute atomic E-state index is 11.7. The fourth-order valence-corrected chi connectivity index (χ4v) is 4.30. The van der Waals surface area contributed by atoms with Gasteiger partial charge in [-0.15, -0.1) is 0 Å². The molecular weight excluding hydrogens is 304 g/mol. The number of carboxylic acids is 1. The lowest BCUT2D eigenvalue weighted by atomic mass is 9.85. The lowest BCUT2D eigenvalue weighted by molar-refractivity contribution is -0.143. The second-order valence-corrected chi connectivity index (χ2v) is 6.86. The van der Waals surface area contributed by atoms with Gasteiger partial charge in [-0.2, -0.15) is 0 Å². The minimum absolute atomic E-state index is 0.354. The van der Waals surface area contributed by atoms with Crippen molar-refractivity contribution in [2.45, 2.75) is 50.7 Å². The second-order valence-electron chi connectivity index (χ2n) is 6.86. The summed E-state index contributed by atoms with van der Waals surface area (Å²) in [4.78, 5) is 18.2. The van der Waals surface area contributed by atoms with E-state index in [2.05, 4.69) is 9.88 Å². The molecule has 1 aromatic carbocycles. The van der Waals surface area contributed by atoms with E-state index in [4.69, 9.17) is 4.42 Å². The van der Waals surface area contributed by atoms with Crippen LogP contribution in [-0.4, -0.2) is 33.0 Å². The number of hydrogen-bond acceptors (Lipinski definition) is 4. The summed E-state index contributed by atoms with van der Waals surface area (Å²) < 4.78 is 5.89. The van der Waals surface area contributed by atoms with Gasteiger partial charge in [0, 0.05) is 11.6 Å². The van der Waals surface area contributed by atoms with E-state index < -0.39 is 12.0 Å². The summed E-state index contributed by atoms with van der Waals surface area (Å²) >= 11 is 0. The van der Waals surface area contributed by atoms with Gasteiger partial charge in [0.05, 0.1) is 12.7 Å². The van der Waals surface area contributed by atoms with E-state index in [9.17, 15) is 9.90 Å². The van der Waals surface area contributed by atoms with E-state index in [1.807, 2.05) is 30.3 Å². The molecule has 0 spiro atoms. The topological polar surface area (TPSA) is 66.6 Å². The van der Waals surface area contributed by atoms with Crippen molar-refractivity contribution in [3.8, 4) is 11.3 Å². The minimum atomic E-state index is -0.723. The molecule has 2 aromatic rings. The van der Waals surface area contributed by atoms with E-state index in [1.54, 1.807) is 6.20 Å². The van der Waals surface area contributed by atoms with Gasteiger partial charge < -0.3 is 9.52 Å². The van der Waals surface area contributed by atoms with Gasteiger partial charge in [-0.25, -0.2) is 4.98 Å². The van der Waals surface area contributed by atoms with Crippen molar-refractivity contribution < 1.29 is 14.3 Å². The van der Waals surface area contributed by atoms with Crippen molar-refractivity contribution in [2.24, 2.45) is 5.92 Å². The fraction of sp³-hybridized carbons (Fsp3) is 0.474. The van der Waals surface area contributed by atoms with Crippen LogP contribution in [0.1, 0.15) is 38.0 Å². The van der Waals surface area contributed by atoms with E-state index in [-0.39, 0.29) is 0 Å². The highest BCUT2D eigenvalue weighted by Gasteiger charge is 2.45. The Morgan fingerprint density at radius 2 is 2.04 bits per heavy atom. The van der Waals surface area contributed by atoms with Gasteiger partial charge in [0.15, 0.2) is 5.76 Å². The molecule has 2 fully saturated rings. The summed E-state index contributed by atoms with van der Waals surface area (Å²) in [5.74, 6) is 1.12. The number of aromatic nitrogens is 1. The molecule has 1 aromatic heterocycles. The van der Waals surface area contributed by atoms with Crippen molar-refractivity contribution in [2.75, 3.05) is 0 Å². The molecule has 5 nitrogen and oxygen atoms in total. The Bertz CT molecular complexity index is 712. The quantitative estimate of drug-likeness (QED) is 0.930. The van der Waals surface area contributed by atoms with Gasteiger partial charge >= 0.3 is 5.97 Å². The predicted octanol–water partition coefficient (Wildman–Crippen LogP) is 3.56. The number of benzene rings is 1. The van der Waals surface area contributed by atoms with Crippen molar-refractivity contribution in [1.82, 2.24) is 9.88 Å². The number of hydrogen-bond donors (Lipinski definition) is 1. The van der Waals surface area contributed by atoms with Crippen LogP contribution in [0.3, 0.4) is 0 Å². The molecule has 0 bridgehead atoms. The predicted molar refractivity (Wildman–Crippen MR) is 89.3 cm³/mol. The molecule has 1 saturated carbocycles. The molecule has 3 atom stereocenters. The SMILES string of the molecule is O=C(O)C1CC2CCCCC2N1Cc1ncc(-c2ccccc2)o1. The molecule has 0 amide bonds. The maximum Gasteiger partial charge on any atom is 0.320 e. The first kappa shape index (κ1) is 15.4. The molecule has 1 saturated heterocycles. The summed E-state index contributed by atoms with van der Waals surface area (Å²) in [6.07, 6.45) is 7.12. The molecule has 3 unspecified atom stereocenters. The summed E-state index contributed by atoms with van der Waals surface area (Å²) in [6, 6.07) is 9.80. The van der Waals surface area contributed by atoms with Crippen LogP contribution in [0.2, 0.25) is 0 Å². The molecule has 126 valence electrons. The van der Waals surface area contributed by atoms with Crippen LogP contribution in [0.4, 0.5) is 0 Å². The van der Waals surface area contributed by atoms with Gasteiger partial charge in [0.2, 0.25) is 5.89 Å². The van der Waals surface area contributed by atoms with E-state index in [0.29, 0.717) is 24.4 Å². The molecule has 24 heavy (non-hydrogen) atoms. The molecule has 2 heterocycles. The summed E-state index contributed by atoms with van der Waals surface area (Å²) in [5.41, 5.74) is 0.989. The summed E-state index contributed by atoms with van der Waals surface area (Å²) in [6.45, 7) is 0.477. The highest BCUT2D eigenvalue weighted by atomic mass is 16.4. The average Bonchev–Trinajstić information content (AvgIpc) is 3.21. The number of rotatable bonds is 4. The Morgan fingerprint density at radius 3 is 2.83 bits per heavy atom. The first-order chi connectivity index (χ1) is 11.7. The Kier molecular flexibility index (Phi) is 4.10. The van der Waals surface area contributed by atoms with Crippen molar-refractivity contribution in [3.63, 3.8) is 0 Å². The summed E-state index contributed by atoms with van der Waals surface area (Å²) in [7, 11) is 0. The van der Waals surface area contributed by atoms with Crippen LogP contribution in [0.5, 0.6) is 0 Å². The average molecular weight is 326 g/mol. The smallest absolute Gasteiger partial charge is 0.320 e. The number of aliphatic carboxylic acids is 1. The first-order valence-electron chi connectivity index (χ1n) is 8.71. The molecular formula is C19H22N2O3. The van der Waals surface area contributed by atoms with Gasteiger partial charge in [0.25, 0.3) is 0 Å². The van der Waals surface area contributed by atoms with Crippen LogP contribution in [0.15, 0.2) is 40.9 Å². The second kappa shape index (κ2) is 6.40. The van der Waals surface area contributed by atoms with E-state index >= 15 is 0 Å². The van der Waals surface area contributed by atoms with Gasteiger partial charge in [0.1, 0.15) is 6.04 Å². The number of carboxylic acid groups (broad SMARTS) is 1. The van der Waals surface area contributed by atoms with E-state index in [1.165, 1.54) is 12.8 Å². The maximum atomic E-state index is 11.7. The fourth-order valence-electron chi connectivity index (χ4n) is 4.30. The highest BCUT2D eigenvalue weighted by Crippen LogP contribution is 2.40. The molecule has 1 aliphatic heterocycles. The van der Waals surface area contributed by atoms with Crippen molar-refractivity contribution in [1.29, 1.82) is 0 Å². The zero-order valence-electron chi connectivity index (χ0n) is 13.6. The molecule has 4 rings (SSSR count). The van der Waals surface area contributed by atoms with Crippen LogP contribution in [0.25, 0.3) is 11.3 Å². The zero-order chi connectivity index (χ0) is 16.5. The molecule has 5 heteroatoms. The zero-order valence-corrected chi connectivity index (χ0v) is 13.6. The minimum Gasteiger partial charge on any atom is -0.480 e. The molecule has 2 aliphatic rings. The monoisotopic (exact) mass is 326 g/mol. The Balaban J connectivity index is 1.55. The molecule has 1 N–H and O–H groups in total. The lowest BCUT2D eigenvalue weighted by Gasteiger charge is -2.32. The lowest BCUT2D eigenvalue weighted by Crippen LogP contribution is -2.41. The third-order valence-electron chi connectivity index (χ3n) is 5.44. The third kappa shape index (κ3) is 2.84. The number of nitrogens with zero attached hydrogens (tertiary/aromatic N) is 2. The molecule has 0 radical (unpaired) electrons. The number of carbonyl (C=O) groups is 1. The third-order valence-corrected chi connectivity index (χ3v) is 5.44. The van der Waals surface area contributed by atoms with E-state index in [0.717, 1.165) is 30.6 Å². The standard InChI is InChI=1S/C19H22N2O3/c22-19(23)16-10-14-8-4-5-9-15(14)21(16)12-18-20-11-17(24-18)13-6-2-1-3-7-13/h1-3,6-7,11,14-16H,4-5,8-10,12H2,(H,22,23).